The summed E-state index contributed by atoms with van der Waals surface area (Å²) in [6, 6.07) is 10.9. The molecule has 0 fully saturated rings. The third-order valence-electron chi connectivity index (χ3n) is 4.23. The second-order valence-electron chi connectivity index (χ2n) is 7.45. The Morgan fingerprint density at radius 1 is 1.25 bits per heavy atom. The van der Waals surface area contributed by atoms with Crippen LogP contribution >= 0.6 is 0 Å². The zero-order valence-electron chi connectivity index (χ0n) is 16.4. The Morgan fingerprint density at radius 3 is 2.61 bits per heavy atom. The molecule has 7 nitrogen and oxygen atoms in total. The average molecular weight is 378 g/mol. The van der Waals surface area contributed by atoms with Gasteiger partial charge in [-0.1, -0.05) is 25.1 Å². The number of nitrogens with zero attached hydrogens (tertiary/aromatic N) is 4. The van der Waals surface area contributed by atoms with Crippen molar-refractivity contribution in [2.45, 2.75) is 46.3 Å². The van der Waals surface area contributed by atoms with E-state index in [1.54, 1.807) is 45.2 Å². The molecule has 0 bridgehead atoms. The molecule has 3 aromatic rings. The van der Waals surface area contributed by atoms with Gasteiger partial charge in [-0.05, 0) is 38.5 Å². The highest BCUT2D eigenvalue weighted by atomic mass is 16.6. The predicted octanol–water partition coefficient (Wildman–Crippen LogP) is 3.46. The highest BCUT2D eigenvalue weighted by Gasteiger charge is 2.24. The summed E-state index contributed by atoms with van der Waals surface area (Å²) in [5.74, 6) is 0.469. The number of fused-ring (bicyclic) bond motifs is 1. The van der Waals surface area contributed by atoms with Crippen molar-refractivity contribution in [3.8, 4) is 6.07 Å². The molecule has 0 atom stereocenters. The van der Waals surface area contributed by atoms with E-state index in [0.717, 1.165) is 5.56 Å². The quantitative estimate of drug-likeness (QED) is 0.696. The normalized spacial score (nSPS) is 11.4. The molecule has 1 aromatic carbocycles. The maximum atomic E-state index is 13.0. The first-order valence-electron chi connectivity index (χ1n) is 9.07. The summed E-state index contributed by atoms with van der Waals surface area (Å²) in [5.41, 5.74) is 0.911. The number of carbonyl (C=O) groups excluding carboxylic acids is 1. The number of pyridine rings is 1. The summed E-state index contributed by atoms with van der Waals surface area (Å²) in [6.07, 6.45) is 1.53. The molecule has 3 rings (SSSR count). The van der Waals surface area contributed by atoms with Crippen LogP contribution in [-0.4, -0.2) is 25.8 Å². The van der Waals surface area contributed by atoms with Crippen LogP contribution in [0.3, 0.4) is 0 Å². The number of imidazole rings is 1. The molecule has 0 spiro atoms. The lowest BCUT2D eigenvalue weighted by atomic mass is 10.1. The van der Waals surface area contributed by atoms with Gasteiger partial charge in [0.1, 0.15) is 11.4 Å². The largest absolute Gasteiger partial charge is 0.443 e. The van der Waals surface area contributed by atoms with Gasteiger partial charge in [-0.3, -0.25) is 4.79 Å². The summed E-state index contributed by atoms with van der Waals surface area (Å²) in [6.45, 7) is 7.48. The summed E-state index contributed by atoms with van der Waals surface area (Å²) >= 11 is 0. The Morgan fingerprint density at radius 2 is 1.96 bits per heavy atom. The van der Waals surface area contributed by atoms with Crippen LogP contribution in [0.5, 0.6) is 0 Å². The van der Waals surface area contributed by atoms with Gasteiger partial charge in [0.25, 0.3) is 5.56 Å². The highest BCUT2D eigenvalue weighted by Crippen LogP contribution is 2.18. The van der Waals surface area contributed by atoms with Crippen molar-refractivity contribution in [3.05, 3.63) is 63.8 Å². The van der Waals surface area contributed by atoms with Crippen LogP contribution in [0.4, 0.5) is 4.79 Å². The molecule has 0 saturated heterocycles. The maximum Gasteiger partial charge on any atom is 0.420 e. The molecule has 0 aliphatic heterocycles. The van der Waals surface area contributed by atoms with Gasteiger partial charge in [-0.25, -0.2) is 14.3 Å². The Hall–Kier alpha value is -3.40. The van der Waals surface area contributed by atoms with E-state index in [4.69, 9.17) is 4.74 Å². The van der Waals surface area contributed by atoms with Gasteiger partial charge in [0, 0.05) is 12.6 Å². The zero-order valence-corrected chi connectivity index (χ0v) is 16.4. The summed E-state index contributed by atoms with van der Waals surface area (Å²) < 4.78 is 8.32. The first-order chi connectivity index (χ1) is 13.2. The Kier molecular flexibility index (Phi) is 5.06. The van der Waals surface area contributed by atoms with E-state index in [-0.39, 0.29) is 17.6 Å². The first-order valence-corrected chi connectivity index (χ1v) is 9.07. The third-order valence-corrected chi connectivity index (χ3v) is 4.23. The maximum absolute atomic E-state index is 13.0. The van der Waals surface area contributed by atoms with Crippen LogP contribution in [0.25, 0.3) is 11.0 Å². The second kappa shape index (κ2) is 7.31. The molecule has 0 radical (unpaired) electrons. The topological polar surface area (TPSA) is 89.9 Å². The molecule has 144 valence electrons. The summed E-state index contributed by atoms with van der Waals surface area (Å²) in [4.78, 5) is 30.0. The van der Waals surface area contributed by atoms with E-state index >= 15 is 0 Å². The lowest BCUT2D eigenvalue weighted by Gasteiger charge is -2.20. The zero-order chi connectivity index (χ0) is 20.5. The van der Waals surface area contributed by atoms with Crippen LogP contribution < -0.4 is 5.56 Å². The second-order valence-corrected chi connectivity index (χ2v) is 7.45. The molecule has 0 N–H and O–H groups in total. The van der Waals surface area contributed by atoms with Gasteiger partial charge in [0.05, 0.1) is 23.7 Å². The fourth-order valence-corrected chi connectivity index (χ4v) is 2.98. The number of hydrogen-bond acceptors (Lipinski definition) is 5. The Bertz CT molecular complexity index is 1140. The van der Waals surface area contributed by atoms with Crippen LogP contribution in [0, 0.1) is 11.3 Å². The van der Waals surface area contributed by atoms with Crippen molar-refractivity contribution < 1.29 is 9.53 Å². The van der Waals surface area contributed by atoms with Crippen molar-refractivity contribution in [1.82, 2.24) is 14.1 Å². The molecular formula is C21H22N4O3. The van der Waals surface area contributed by atoms with Crippen molar-refractivity contribution in [3.63, 3.8) is 0 Å². The fraction of sp³-hybridized carbons (Fsp3) is 0.333. The van der Waals surface area contributed by atoms with Crippen molar-refractivity contribution in [1.29, 1.82) is 5.26 Å². The fourth-order valence-electron chi connectivity index (χ4n) is 2.98. The molecule has 0 aliphatic rings. The number of rotatable bonds is 3. The number of carbonyl (C=O) groups is 1. The van der Waals surface area contributed by atoms with E-state index in [0.29, 0.717) is 23.3 Å². The minimum atomic E-state index is -0.658. The van der Waals surface area contributed by atoms with Gasteiger partial charge >= 0.3 is 6.09 Å². The average Bonchev–Trinajstić information content (AvgIpc) is 3.02. The molecule has 0 amide bonds. The number of hydrogen-bond donors (Lipinski definition) is 0. The van der Waals surface area contributed by atoms with Crippen LogP contribution in [0.2, 0.25) is 0 Å². The molecule has 0 aliphatic carbocycles. The monoisotopic (exact) mass is 378 g/mol. The number of aromatic nitrogens is 3. The molecular weight excluding hydrogens is 356 g/mol. The highest BCUT2D eigenvalue weighted by molar-refractivity contribution is 5.87. The van der Waals surface area contributed by atoms with Crippen LogP contribution in [-0.2, 0) is 17.7 Å². The number of nitriles is 1. The summed E-state index contributed by atoms with van der Waals surface area (Å²) in [7, 11) is 0. The van der Waals surface area contributed by atoms with E-state index in [2.05, 4.69) is 11.1 Å². The lowest BCUT2D eigenvalue weighted by Crippen LogP contribution is -2.28. The molecule has 0 saturated carbocycles. The van der Waals surface area contributed by atoms with Gasteiger partial charge in [-0.15, -0.1) is 0 Å². The van der Waals surface area contributed by atoms with Gasteiger partial charge < -0.3 is 9.30 Å². The van der Waals surface area contributed by atoms with E-state index < -0.39 is 11.7 Å². The Labute approximate surface area is 162 Å². The van der Waals surface area contributed by atoms with E-state index in [1.807, 2.05) is 19.1 Å². The standard InChI is InChI=1S/C21H22N4O3/c1-5-17-23-18-16(25(17)20(27)28-21(2,3)4)10-11-24(19(18)26)13-15-9-7-6-8-14(15)12-22/h6-11H,5,13H2,1-4H3. The molecule has 2 heterocycles. The van der Waals surface area contributed by atoms with E-state index in [9.17, 15) is 14.9 Å². The van der Waals surface area contributed by atoms with Crippen molar-refractivity contribution >= 4 is 17.1 Å². The minimum Gasteiger partial charge on any atom is -0.443 e. The van der Waals surface area contributed by atoms with Gasteiger partial charge in [-0.2, -0.15) is 5.26 Å². The van der Waals surface area contributed by atoms with Crippen molar-refractivity contribution in [2.24, 2.45) is 0 Å². The van der Waals surface area contributed by atoms with E-state index in [1.165, 1.54) is 9.13 Å². The summed E-state index contributed by atoms with van der Waals surface area (Å²) in [5, 5.41) is 9.26. The number of aryl methyl sites for hydroxylation is 1. The molecule has 2 aromatic heterocycles. The smallest absolute Gasteiger partial charge is 0.420 e. The lowest BCUT2D eigenvalue weighted by molar-refractivity contribution is 0.0539. The van der Waals surface area contributed by atoms with Gasteiger partial charge in [0.15, 0.2) is 5.52 Å². The van der Waals surface area contributed by atoms with Crippen molar-refractivity contribution in [2.75, 3.05) is 0 Å². The van der Waals surface area contributed by atoms with Crippen LogP contribution in [0.1, 0.15) is 44.6 Å². The minimum absolute atomic E-state index is 0.208. The van der Waals surface area contributed by atoms with Crippen LogP contribution in [0.15, 0.2) is 41.3 Å². The third kappa shape index (κ3) is 3.67. The number of benzene rings is 1. The SMILES string of the molecule is CCc1nc2c(=O)n(Cc3ccccc3C#N)ccc2n1C(=O)OC(C)(C)C. The molecule has 7 heteroatoms. The Balaban J connectivity index is 2.09. The molecule has 0 unspecified atom stereocenters. The first kappa shape index (κ1) is 19.4. The molecule has 28 heavy (non-hydrogen) atoms. The predicted molar refractivity (Wildman–Crippen MR) is 105 cm³/mol. The van der Waals surface area contributed by atoms with Gasteiger partial charge in [0.2, 0.25) is 0 Å². The number of ether oxygens (including phenoxy) is 1.